The third kappa shape index (κ3) is 1.48. The normalized spacial score (nSPS) is 13.9. The maximum absolute atomic E-state index is 11.4. The van der Waals surface area contributed by atoms with Crippen LogP contribution in [0.25, 0.3) is 5.76 Å². The van der Waals surface area contributed by atoms with Crippen LogP contribution in [-0.4, -0.2) is 18.2 Å². The Hall–Kier alpha value is -1.77. The molecule has 0 bridgehead atoms. The number of fused-ring (bicyclic) bond motifs is 1. The summed E-state index contributed by atoms with van der Waals surface area (Å²) in [6.45, 7) is 3.93. The predicted octanol–water partition coefficient (Wildman–Crippen LogP) is 2.30. The zero-order valence-corrected chi connectivity index (χ0v) is 9.63. The number of esters is 1. The molecule has 0 spiro atoms. The van der Waals surface area contributed by atoms with Gasteiger partial charge in [-0.3, -0.25) is 0 Å². The largest absolute Gasteiger partial charge is 0.507 e. The topological polar surface area (TPSA) is 46.5 Å². The van der Waals surface area contributed by atoms with E-state index in [9.17, 15) is 9.90 Å². The van der Waals surface area contributed by atoms with E-state index in [0.29, 0.717) is 12.0 Å². The van der Waals surface area contributed by atoms with Crippen LogP contribution in [0.3, 0.4) is 0 Å². The highest BCUT2D eigenvalue weighted by Crippen LogP contribution is 2.34. The number of carbonyl (C=O) groups is 1. The Morgan fingerprint density at radius 2 is 2.06 bits per heavy atom. The SMILES string of the molecule is COC(=O)C1=C(O)c2c(C)cc(C)cc2C1. The van der Waals surface area contributed by atoms with Crippen molar-refractivity contribution in [1.29, 1.82) is 0 Å². The fourth-order valence-electron chi connectivity index (χ4n) is 2.25. The van der Waals surface area contributed by atoms with Crippen LogP contribution in [0.1, 0.15) is 22.3 Å². The Bertz CT molecular complexity index is 498. The molecule has 1 N–H and O–H groups in total. The summed E-state index contributed by atoms with van der Waals surface area (Å²) in [4.78, 5) is 11.4. The van der Waals surface area contributed by atoms with Crippen molar-refractivity contribution in [2.45, 2.75) is 20.3 Å². The van der Waals surface area contributed by atoms with Crippen molar-refractivity contribution >= 4 is 11.7 Å². The number of hydrogen-bond acceptors (Lipinski definition) is 3. The summed E-state index contributed by atoms with van der Waals surface area (Å²) in [5, 5.41) is 9.99. The lowest BCUT2D eigenvalue weighted by molar-refractivity contribution is -0.136. The number of ether oxygens (including phenoxy) is 1. The quantitative estimate of drug-likeness (QED) is 0.736. The number of carbonyl (C=O) groups excluding carboxylic acids is 1. The third-order valence-corrected chi connectivity index (χ3v) is 2.88. The van der Waals surface area contributed by atoms with Gasteiger partial charge in [-0.1, -0.05) is 17.7 Å². The number of hydrogen-bond donors (Lipinski definition) is 1. The highest BCUT2D eigenvalue weighted by Gasteiger charge is 2.28. The Labute approximate surface area is 94.4 Å². The van der Waals surface area contributed by atoms with Crippen molar-refractivity contribution < 1.29 is 14.6 Å². The Kier molecular flexibility index (Phi) is 2.46. The number of benzene rings is 1. The van der Waals surface area contributed by atoms with E-state index in [2.05, 4.69) is 4.74 Å². The van der Waals surface area contributed by atoms with Crippen LogP contribution < -0.4 is 0 Å². The monoisotopic (exact) mass is 218 g/mol. The lowest BCUT2D eigenvalue weighted by atomic mass is 10.0. The van der Waals surface area contributed by atoms with Crippen LogP contribution >= 0.6 is 0 Å². The molecule has 2 rings (SSSR count). The van der Waals surface area contributed by atoms with E-state index < -0.39 is 5.97 Å². The molecule has 84 valence electrons. The summed E-state index contributed by atoms with van der Waals surface area (Å²) in [5.41, 5.74) is 4.26. The lowest BCUT2D eigenvalue weighted by Crippen LogP contribution is -2.05. The van der Waals surface area contributed by atoms with Gasteiger partial charge in [0, 0.05) is 12.0 Å². The summed E-state index contributed by atoms with van der Waals surface area (Å²) in [5.74, 6) is -0.384. The average Bonchev–Trinajstić information content (AvgIpc) is 2.54. The number of methoxy groups -OCH3 is 1. The third-order valence-electron chi connectivity index (χ3n) is 2.88. The molecule has 1 aliphatic rings. The summed E-state index contributed by atoms with van der Waals surface area (Å²) in [6, 6.07) is 3.99. The molecule has 0 saturated heterocycles. The van der Waals surface area contributed by atoms with E-state index in [1.807, 2.05) is 26.0 Å². The molecule has 16 heavy (non-hydrogen) atoms. The Morgan fingerprint density at radius 3 is 2.69 bits per heavy atom. The highest BCUT2D eigenvalue weighted by atomic mass is 16.5. The van der Waals surface area contributed by atoms with Gasteiger partial charge in [-0.2, -0.15) is 0 Å². The van der Waals surface area contributed by atoms with Crippen molar-refractivity contribution in [3.63, 3.8) is 0 Å². The summed E-state index contributed by atoms with van der Waals surface area (Å²) in [6.07, 6.45) is 0.455. The zero-order valence-electron chi connectivity index (χ0n) is 9.63. The minimum atomic E-state index is -0.453. The first-order chi connectivity index (χ1) is 7.54. The van der Waals surface area contributed by atoms with Gasteiger partial charge in [0.05, 0.1) is 12.7 Å². The average molecular weight is 218 g/mol. The van der Waals surface area contributed by atoms with Crippen LogP contribution in [0.15, 0.2) is 17.7 Å². The smallest absolute Gasteiger partial charge is 0.337 e. The van der Waals surface area contributed by atoms with Gasteiger partial charge in [0.15, 0.2) is 0 Å². The highest BCUT2D eigenvalue weighted by molar-refractivity contribution is 5.99. The van der Waals surface area contributed by atoms with Gasteiger partial charge >= 0.3 is 5.97 Å². The van der Waals surface area contributed by atoms with Gasteiger partial charge in [0.2, 0.25) is 0 Å². The van der Waals surface area contributed by atoms with E-state index in [4.69, 9.17) is 0 Å². The minimum absolute atomic E-state index is 0.0688. The molecule has 1 aromatic carbocycles. The van der Waals surface area contributed by atoms with Crippen molar-refractivity contribution in [1.82, 2.24) is 0 Å². The summed E-state index contributed by atoms with van der Waals surface area (Å²) >= 11 is 0. The van der Waals surface area contributed by atoms with E-state index >= 15 is 0 Å². The second kappa shape index (κ2) is 3.67. The molecule has 0 heterocycles. The number of aliphatic hydroxyl groups is 1. The maximum Gasteiger partial charge on any atom is 0.337 e. The first-order valence-corrected chi connectivity index (χ1v) is 5.15. The maximum atomic E-state index is 11.4. The van der Waals surface area contributed by atoms with E-state index in [-0.39, 0.29) is 5.76 Å². The molecule has 1 aromatic rings. The molecule has 0 aromatic heterocycles. The first-order valence-electron chi connectivity index (χ1n) is 5.15. The van der Waals surface area contributed by atoms with Crippen molar-refractivity contribution in [3.8, 4) is 0 Å². The molecule has 1 aliphatic carbocycles. The molecule has 0 atom stereocenters. The second-order valence-corrected chi connectivity index (χ2v) is 4.11. The number of rotatable bonds is 1. The van der Waals surface area contributed by atoms with Crippen molar-refractivity contribution in [2.24, 2.45) is 0 Å². The van der Waals surface area contributed by atoms with Crippen LogP contribution in [0.2, 0.25) is 0 Å². The Balaban J connectivity index is 2.54. The molecule has 0 unspecified atom stereocenters. The summed E-state index contributed by atoms with van der Waals surface area (Å²) in [7, 11) is 1.32. The van der Waals surface area contributed by atoms with Gasteiger partial charge in [0.25, 0.3) is 0 Å². The molecule has 0 saturated carbocycles. The first kappa shape index (κ1) is 10.7. The predicted molar refractivity (Wildman–Crippen MR) is 61.2 cm³/mol. The fourth-order valence-corrected chi connectivity index (χ4v) is 2.25. The molecule has 0 aliphatic heterocycles. The van der Waals surface area contributed by atoms with E-state index in [1.54, 1.807) is 0 Å². The van der Waals surface area contributed by atoms with Gasteiger partial charge in [-0.25, -0.2) is 4.79 Å². The molecular formula is C13H14O3. The molecule has 3 nitrogen and oxygen atoms in total. The molecule has 0 radical (unpaired) electrons. The van der Waals surface area contributed by atoms with E-state index in [1.165, 1.54) is 7.11 Å². The fraction of sp³-hybridized carbons (Fsp3) is 0.308. The molecular weight excluding hydrogens is 204 g/mol. The van der Waals surface area contributed by atoms with Gasteiger partial charge in [0.1, 0.15) is 5.76 Å². The van der Waals surface area contributed by atoms with Crippen LogP contribution in [0.4, 0.5) is 0 Å². The molecule has 3 heteroatoms. The van der Waals surface area contributed by atoms with Gasteiger partial charge in [-0.15, -0.1) is 0 Å². The molecule has 0 amide bonds. The van der Waals surface area contributed by atoms with Crippen LogP contribution in [0, 0.1) is 13.8 Å². The number of aryl methyl sites for hydroxylation is 2. The van der Waals surface area contributed by atoms with Gasteiger partial charge in [-0.05, 0) is 25.0 Å². The lowest BCUT2D eigenvalue weighted by Gasteiger charge is -2.05. The minimum Gasteiger partial charge on any atom is -0.507 e. The molecule has 0 fully saturated rings. The van der Waals surface area contributed by atoms with Crippen molar-refractivity contribution in [3.05, 3.63) is 40.0 Å². The van der Waals surface area contributed by atoms with Gasteiger partial charge < -0.3 is 9.84 Å². The van der Waals surface area contributed by atoms with Crippen LogP contribution in [0.5, 0.6) is 0 Å². The number of aliphatic hydroxyl groups excluding tert-OH is 1. The second-order valence-electron chi connectivity index (χ2n) is 4.11. The standard InChI is InChI=1S/C13H14O3/c1-7-4-8(2)11-9(5-7)6-10(12(11)14)13(15)16-3/h4-5,14H,6H2,1-3H3. The summed E-state index contributed by atoms with van der Waals surface area (Å²) < 4.78 is 4.65. The van der Waals surface area contributed by atoms with E-state index in [0.717, 1.165) is 22.3 Å². The van der Waals surface area contributed by atoms with Crippen molar-refractivity contribution in [2.75, 3.05) is 7.11 Å². The zero-order chi connectivity index (χ0) is 11.9. The van der Waals surface area contributed by atoms with Crippen LogP contribution in [-0.2, 0) is 16.0 Å². The Morgan fingerprint density at radius 1 is 1.38 bits per heavy atom.